The van der Waals surface area contributed by atoms with Gasteiger partial charge >= 0.3 is 0 Å². The van der Waals surface area contributed by atoms with Crippen LogP contribution in [0.25, 0.3) is 0 Å². The van der Waals surface area contributed by atoms with Crippen molar-refractivity contribution in [3.63, 3.8) is 0 Å². The summed E-state index contributed by atoms with van der Waals surface area (Å²) in [5, 5.41) is 3.52. The molecule has 0 aliphatic heterocycles. The molecule has 4 heteroatoms. The zero-order chi connectivity index (χ0) is 11.7. The van der Waals surface area contributed by atoms with Crippen LogP contribution in [0.5, 0.6) is 0 Å². The number of likely N-dealkylation sites (N-methyl/N-ethyl adjacent to an activating group) is 1. The SMILES string of the molecule is CN(CCNCc1cncn1C1CC1)C1CC1. The van der Waals surface area contributed by atoms with Crippen LogP contribution in [0, 0.1) is 0 Å². The molecule has 94 valence electrons. The first-order valence-corrected chi connectivity index (χ1v) is 6.76. The van der Waals surface area contributed by atoms with E-state index in [2.05, 4.69) is 26.8 Å². The van der Waals surface area contributed by atoms with Crippen LogP contribution in [-0.2, 0) is 6.54 Å². The van der Waals surface area contributed by atoms with Crippen LogP contribution in [-0.4, -0.2) is 40.6 Å². The highest BCUT2D eigenvalue weighted by Crippen LogP contribution is 2.35. The van der Waals surface area contributed by atoms with Gasteiger partial charge in [0.25, 0.3) is 0 Å². The average molecular weight is 234 g/mol. The number of imidazole rings is 1. The molecule has 0 unspecified atom stereocenters. The number of nitrogens with one attached hydrogen (secondary N) is 1. The number of aromatic nitrogens is 2. The molecule has 0 saturated heterocycles. The lowest BCUT2D eigenvalue weighted by Crippen LogP contribution is -2.30. The second-order valence-electron chi connectivity index (χ2n) is 5.41. The third-order valence-electron chi connectivity index (χ3n) is 3.80. The first-order valence-electron chi connectivity index (χ1n) is 6.76. The fourth-order valence-electron chi connectivity index (χ4n) is 2.32. The van der Waals surface area contributed by atoms with E-state index in [0.717, 1.165) is 31.7 Å². The molecule has 0 radical (unpaired) electrons. The minimum atomic E-state index is 0.739. The minimum Gasteiger partial charge on any atom is -0.330 e. The fraction of sp³-hybridized carbons (Fsp3) is 0.769. The van der Waals surface area contributed by atoms with E-state index < -0.39 is 0 Å². The largest absolute Gasteiger partial charge is 0.330 e. The van der Waals surface area contributed by atoms with Gasteiger partial charge in [0.05, 0.1) is 12.0 Å². The Morgan fingerprint density at radius 1 is 1.41 bits per heavy atom. The Bertz CT molecular complexity index is 365. The quantitative estimate of drug-likeness (QED) is 0.724. The van der Waals surface area contributed by atoms with Crippen molar-refractivity contribution in [3.8, 4) is 0 Å². The molecule has 0 amide bonds. The second kappa shape index (κ2) is 4.78. The summed E-state index contributed by atoms with van der Waals surface area (Å²) >= 11 is 0. The molecule has 17 heavy (non-hydrogen) atoms. The predicted octanol–water partition coefficient (Wildman–Crippen LogP) is 1.40. The Morgan fingerprint density at radius 3 is 2.94 bits per heavy atom. The van der Waals surface area contributed by atoms with E-state index in [1.165, 1.54) is 31.4 Å². The summed E-state index contributed by atoms with van der Waals surface area (Å²) in [4.78, 5) is 6.71. The lowest BCUT2D eigenvalue weighted by molar-refractivity contribution is 0.321. The van der Waals surface area contributed by atoms with Gasteiger partial charge in [-0.2, -0.15) is 0 Å². The highest BCUT2D eigenvalue weighted by atomic mass is 15.2. The van der Waals surface area contributed by atoms with E-state index in [-0.39, 0.29) is 0 Å². The molecule has 0 atom stereocenters. The lowest BCUT2D eigenvalue weighted by Gasteiger charge is -2.16. The van der Waals surface area contributed by atoms with Crippen molar-refractivity contribution in [2.45, 2.75) is 44.3 Å². The molecule has 0 aromatic carbocycles. The second-order valence-corrected chi connectivity index (χ2v) is 5.41. The van der Waals surface area contributed by atoms with Gasteiger partial charge < -0.3 is 14.8 Å². The molecule has 3 rings (SSSR count). The summed E-state index contributed by atoms with van der Waals surface area (Å²) in [6, 6.07) is 1.61. The van der Waals surface area contributed by atoms with Crippen molar-refractivity contribution in [1.82, 2.24) is 19.8 Å². The highest BCUT2D eigenvalue weighted by Gasteiger charge is 2.26. The average Bonchev–Trinajstić information content (AvgIpc) is 3.22. The molecule has 0 spiro atoms. The Kier molecular flexibility index (Phi) is 3.16. The van der Waals surface area contributed by atoms with Gasteiger partial charge in [-0.3, -0.25) is 0 Å². The summed E-state index contributed by atoms with van der Waals surface area (Å²) in [5.74, 6) is 0. The molecule has 2 fully saturated rings. The van der Waals surface area contributed by atoms with E-state index in [1.54, 1.807) is 0 Å². The molecule has 2 aliphatic rings. The first kappa shape index (κ1) is 11.2. The normalized spacial score (nSPS) is 20.1. The third kappa shape index (κ3) is 2.87. The van der Waals surface area contributed by atoms with E-state index >= 15 is 0 Å². The number of rotatable bonds is 7. The van der Waals surface area contributed by atoms with Crippen LogP contribution in [0.2, 0.25) is 0 Å². The molecule has 4 nitrogen and oxygen atoms in total. The van der Waals surface area contributed by atoms with Gasteiger partial charge in [-0.05, 0) is 32.7 Å². The molecule has 0 bridgehead atoms. The summed E-state index contributed by atoms with van der Waals surface area (Å²) < 4.78 is 2.33. The Labute approximate surface area is 103 Å². The third-order valence-corrected chi connectivity index (χ3v) is 3.80. The van der Waals surface area contributed by atoms with Crippen molar-refractivity contribution in [2.75, 3.05) is 20.1 Å². The summed E-state index contributed by atoms with van der Waals surface area (Å²) in [6.07, 6.45) is 9.42. The zero-order valence-electron chi connectivity index (χ0n) is 10.6. The standard InChI is InChI=1S/C13H22N4/c1-16(11-2-3-11)7-6-14-8-13-9-15-10-17(13)12-4-5-12/h9-12,14H,2-8H2,1H3. The van der Waals surface area contributed by atoms with Gasteiger partial charge in [0, 0.05) is 37.9 Å². The maximum absolute atomic E-state index is 4.25. The number of hydrogen-bond donors (Lipinski definition) is 1. The maximum Gasteiger partial charge on any atom is 0.0951 e. The van der Waals surface area contributed by atoms with Crippen molar-refractivity contribution >= 4 is 0 Å². The lowest BCUT2D eigenvalue weighted by atomic mass is 10.4. The molecular weight excluding hydrogens is 212 g/mol. The van der Waals surface area contributed by atoms with E-state index in [0.29, 0.717) is 0 Å². The van der Waals surface area contributed by atoms with Crippen molar-refractivity contribution in [1.29, 1.82) is 0 Å². The van der Waals surface area contributed by atoms with Crippen molar-refractivity contribution < 1.29 is 0 Å². The van der Waals surface area contributed by atoms with E-state index in [1.807, 2.05) is 12.5 Å². The van der Waals surface area contributed by atoms with Gasteiger partial charge in [0.2, 0.25) is 0 Å². The smallest absolute Gasteiger partial charge is 0.0951 e. The van der Waals surface area contributed by atoms with Gasteiger partial charge in [0.1, 0.15) is 0 Å². The van der Waals surface area contributed by atoms with Crippen LogP contribution in [0.1, 0.15) is 37.4 Å². The molecule has 2 aliphatic carbocycles. The Balaban J connectivity index is 1.39. The molecule has 1 aromatic rings. The first-order chi connectivity index (χ1) is 8.34. The molecule has 1 N–H and O–H groups in total. The van der Waals surface area contributed by atoms with Crippen LogP contribution < -0.4 is 5.32 Å². The number of hydrogen-bond acceptors (Lipinski definition) is 3. The maximum atomic E-state index is 4.25. The van der Waals surface area contributed by atoms with Crippen molar-refractivity contribution in [3.05, 3.63) is 18.2 Å². The number of nitrogens with zero attached hydrogens (tertiary/aromatic N) is 3. The fourth-order valence-corrected chi connectivity index (χ4v) is 2.32. The van der Waals surface area contributed by atoms with Gasteiger partial charge in [-0.15, -0.1) is 0 Å². The topological polar surface area (TPSA) is 33.1 Å². The molecule has 1 aromatic heterocycles. The van der Waals surface area contributed by atoms with Crippen LogP contribution in [0.15, 0.2) is 12.5 Å². The van der Waals surface area contributed by atoms with E-state index in [4.69, 9.17) is 0 Å². The van der Waals surface area contributed by atoms with Crippen molar-refractivity contribution in [2.24, 2.45) is 0 Å². The predicted molar refractivity (Wildman–Crippen MR) is 67.9 cm³/mol. The van der Waals surface area contributed by atoms with Crippen LogP contribution in [0.3, 0.4) is 0 Å². The van der Waals surface area contributed by atoms with Crippen LogP contribution >= 0.6 is 0 Å². The summed E-state index contributed by atoms with van der Waals surface area (Å²) in [7, 11) is 2.23. The van der Waals surface area contributed by atoms with Gasteiger partial charge in [-0.25, -0.2) is 4.98 Å². The Morgan fingerprint density at radius 2 is 2.24 bits per heavy atom. The molecule has 1 heterocycles. The molecular formula is C13H22N4. The van der Waals surface area contributed by atoms with Gasteiger partial charge in [0.15, 0.2) is 0 Å². The summed E-state index contributed by atoms with van der Waals surface area (Å²) in [6.45, 7) is 3.18. The summed E-state index contributed by atoms with van der Waals surface area (Å²) in [5.41, 5.74) is 1.33. The van der Waals surface area contributed by atoms with Gasteiger partial charge in [-0.1, -0.05) is 0 Å². The molecule has 2 saturated carbocycles. The Hall–Kier alpha value is -0.870. The van der Waals surface area contributed by atoms with Crippen LogP contribution in [0.4, 0.5) is 0 Å². The zero-order valence-corrected chi connectivity index (χ0v) is 10.6. The van der Waals surface area contributed by atoms with E-state index in [9.17, 15) is 0 Å². The minimum absolute atomic E-state index is 0.739. The highest BCUT2D eigenvalue weighted by molar-refractivity contribution is 5.03. The monoisotopic (exact) mass is 234 g/mol.